The third-order valence-corrected chi connectivity index (χ3v) is 2.51. The second kappa shape index (κ2) is 4.28. The van der Waals surface area contributed by atoms with Gasteiger partial charge in [-0.1, -0.05) is 0 Å². The second-order valence-electron chi connectivity index (χ2n) is 4.71. The Bertz CT molecular complexity index is 204. The number of hydrogen-bond acceptors (Lipinski definition) is 3. The van der Waals surface area contributed by atoms with Gasteiger partial charge in [0.2, 0.25) is 0 Å². The van der Waals surface area contributed by atoms with Gasteiger partial charge >= 0.3 is 5.97 Å². The molecule has 1 aliphatic rings. The highest BCUT2D eigenvalue weighted by atomic mass is 16.5. The first-order chi connectivity index (χ1) is 6.41. The molecule has 82 valence electrons. The number of carbonyl (C=O) groups is 1. The summed E-state index contributed by atoms with van der Waals surface area (Å²) in [7, 11) is 0. The Labute approximate surface area is 84.8 Å². The van der Waals surface area contributed by atoms with Crippen molar-refractivity contribution in [2.24, 2.45) is 0 Å². The molecule has 1 heterocycles. The minimum Gasteiger partial charge on any atom is -0.480 e. The van der Waals surface area contributed by atoms with Crippen LogP contribution >= 0.6 is 0 Å². The van der Waals surface area contributed by atoms with Crippen LogP contribution in [-0.2, 0) is 9.53 Å². The summed E-state index contributed by atoms with van der Waals surface area (Å²) in [5.74, 6) is -0.771. The van der Waals surface area contributed by atoms with Gasteiger partial charge in [-0.3, -0.25) is 9.69 Å². The molecule has 4 heteroatoms. The summed E-state index contributed by atoms with van der Waals surface area (Å²) < 4.78 is 5.28. The molecule has 1 atom stereocenters. The van der Waals surface area contributed by atoms with Gasteiger partial charge in [-0.05, 0) is 27.2 Å². The van der Waals surface area contributed by atoms with Crippen molar-refractivity contribution < 1.29 is 14.6 Å². The Balaban J connectivity index is 2.65. The first-order valence-corrected chi connectivity index (χ1v) is 4.97. The van der Waals surface area contributed by atoms with Gasteiger partial charge in [-0.15, -0.1) is 0 Å². The fraction of sp³-hybridized carbons (Fsp3) is 0.900. The number of rotatable bonds is 3. The topological polar surface area (TPSA) is 49.8 Å². The Morgan fingerprint density at radius 1 is 1.57 bits per heavy atom. The minimum atomic E-state index is -0.771. The molecule has 0 spiro atoms. The SMILES string of the molecule is CC(C)(C)N(CC(=O)O)C1CCOC1. The second-order valence-corrected chi connectivity index (χ2v) is 4.71. The molecule has 4 nitrogen and oxygen atoms in total. The van der Waals surface area contributed by atoms with Crippen LogP contribution in [0.5, 0.6) is 0 Å². The van der Waals surface area contributed by atoms with E-state index in [0.717, 1.165) is 13.0 Å². The van der Waals surface area contributed by atoms with E-state index in [1.165, 1.54) is 0 Å². The zero-order valence-corrected chi connectivity index (χ0v) is 9.12. The molecule has 0 amide bonds. The van der Waals surface area contributed by atoms with E-state index in [1.807, 2.05) is 25.7 Å². The van der Waals surface area contributed by atoms with E-state index in [-0.39, 0.29) is 18.1 Å². The number of hydrogen-bond donors (Lipinski definition) is 1. The molecule has 0 aromatic carbocycles. The molecule has 14 heavy (non-hydrogen) atoms. The van der Waals surface area contributed by atoms with Crippen LogP contribution in [0.15, 0.2) is 0 Å². The lowest BCUT2D eigenvalue weighted by Crippen LogP contribution is -2.50. The molecule has 1 rings (SSSR count). The maximum atomic E-state index is 10.7. The van der Waals surface area contributed by atoms with E-state index < -0.39 is 5.97 Å². The molecule has 1 saturated heterocycles. The molecule has 0 saturated carbocycles. The van der Waals surface area contributed by atoms with Crippen molar-refractivity contribution in [2.45, 2.75) is 38.8 Å². The third kappa shape index (κ3) is 2.96. The van der Waals surface area contributed by atoms with Crippen molar-refractivity contribution in [3.8, 4) is 0 Å². The lowest BCUT2D eigenvalue weighted by molar-refractivity contribution is -0.140. The smallest absolute Gasteiger partial charge is 0.317 e. The highest BCUT2D eigenvalue weighted by Crippen LogP contribution is 2.21. The predicted octanol–water partition coefficient (Wildman–Crippen LogP) is 0.960. The molecule has 0 aromatic heterocycles. The average Bonchev–Trinajstić information content (AvgIpc) is 2.49. The molecule has 0 aliphatic carbocycles. The number of carboxylic acids is 1. The van der Waals surface area contributed by atoms with Crippen LogP contribution in [0.4, 0.5) is 0 Å². The van der Waals surface area contributed by atoms with E-state index in [0.29, 0.717) is 6.61 Å². The number of ether oxygens (including phenoxy) is 1. The minimum absolute atomic E-state index is 0.0948. The zero-order valence-electron chi connectivity index (χ0n) is 9.12. The van der Waals surface area contributed by atoms with E-state index >= 15 is 0 Å². The standard InChI is InChI=1S/C10H19NO3/c1-10(2,3)11(6-9(12)13)8-4-5-14-7-8/h8H,4-7H2,1-3H3,(H,12,13). The summed E-state index contributed by atoms with van der Waals surface area (Å²) >= 11 is 0. The lowest BCUT2D eigenvalue weighted by atomic mass is 10.0. The van der Waals surface area contributed by atoms with Gasteiger partial charge in [-0.25, -0.2) is 0 Å². The Morgan fingerprint density at radius 3 is 2.57 bits per heavy atom. The van der Waals surface area contributed by atoms with Crippen molar-refractivity contribution in [2.75, 3.05) is 19.8 Å². The van der Waals surface area contributed by atoms with Gasteiger partial charge in [0.05, 0.1) is 13.2 Å². The number of nitrogens with zero attached hydrogens (tertiary/aromatic N) is 1. The van der Waals surface area contributed by atoms with Crippen LogP contribution in [0, 0.1) is 0 Å². The highest BCUT2D eigenvalue weighted by Gasteiger charge is 2.32. The lowest BCUT2D eigenvalue weighted by Gasteiger charge is -2.38. The summed E-state index contributed by atoms with van der Waals surface area (Å²) in [6, 6.07) is 0.256. The van der Waals surface area contributed by atoms with Crippen molar-refractivity contribution in [3.63, 3.8) is 0 Å². The molecule has 0 radical (unpaired) electrons. The fourth-order valence-electron chi connectivity index (χ4n) is 1.83. The maximum Gasteiger partial charge on any atom is 0.317 e. The van der Waals surface area contributed by atoms with Gasteiger partial charge in [0.15, 0.2) is 0 Å². The summed E-state index contributed by atoms with van der Waals surface area (Å²) in [5.41, 5.74) is -0.114. The van der Waals surface area contributed by atoms with Crippen LogP contribution in [-0.4, -0.2) is 47.3 Å². The molecule has 1 aliphatic heterocycles. The van der Waals surface area contributed by atoms with E-state index in [1.54, 1.807) is 0 Å². The van der Waals surface area contributed by atoms with Crippen LogP contribution in [0.3, 0.4) is 0 Å². The van der Waals surface area contributed by atoms with Gasteiger partial charge in [-0.2, -0.15) is 0 Å². The van der Waals surface area contributed by atoms with Gasteiger partial charge < -0.3 is 9.84 Å². The van der Waals surface area contributed by atoms with Crippen molar-refractivity contribution in [1.82, 2.24) is 4.90 Å². The Kier molecular flexibility index (Phi) is 3.50. The molecule has 1 fully saturated rings. The summed E-state index contributed by atoms with van der Waals surface area (Å²) in [6.45, 7) is 7.61. The van der Waals surface area contributed by atoms with E-state index in [9.17, 15) is 4.79 Å². The predicted molar refractivity (Wildman–Crippen MR) is 53.3 cm³/mol. The average molecular weight is 201 g/mol. The Morgan fingerprint density at radius 2 is 2.21 bits per heavy atom. The van der Waals surface area contributed by atoms with Gasteiger partial charge in [0.1, 0.15) is 0 Å². The normalized spacial score (nSPS) is 23.0. The van der Waals surface area contributed by atoms with E-state index in [4.69, 9.17) is 9.84 Å². The molecule has 1 unspecified atom stereocenters. The van der Waals surface area contributed by atoms with Crippen molar-refractivity contribution in [3.05, 3.63) is 0 Å². The van der Waals surface area contributed by atoms with E-state index in [2.05, 4.69) is 0 Å². The van der Waals surface area contributed by atoms with Crippen LogP contribution < -0.4 is 0 Å². The van der Waals surface area contributed by atoms with Crippen LogP contribution in [0.1, 0.15) is 27.2 Å². The van der Waals surface area contributed by atoms with Crippen molar-refractivity contribution >= 4 is 5.97 Å². The van der Waals surface area contributed by atoms with Crippen LogP contribution in [0.2, 0.25) is 0 Å². The fourth-order valence-corrected chi connectivity index (χ4v) is 1.83. The molecule has 1 N–H and O–H groups in total. The summed E-state index contributed by atoms with van der Waals surface area (Å²) in [5, 5.41) is 8.83. The van der Waals surface area contributed by atoms with Crippen LogP contribution in [0.25, 0.3) is 0 Å². The Hall–Kier alpha value is -0.610. The largest absolute Gasteiger partial charge is 0.480 e. The molecule has 0 bridgehead atoms. The van der Waals surface area contributed by atoms with Crippen molar-refractivity contribution in [1.29, 1.82) is 0 Å². The van der Waals surface area contributed by atoms with Gasteiger partial charge in [0.25, 0.3) is 0 Å². The summed E-state index contributed by atoms with van der Waals surface area (Å²) in [4.78, 5) is 12.7. The number of carboxylic acid groups (broad SMARTS) is 1. The van der Waals surface area contributed by atoms with Gasteiger partial charge in [0, 0.05) is 18.2 Å². The highest BCUT2D eigenvalue weighted by molar-refractivity contribution is 5.69. The monoisotopic (exact) mass is 201 g/mol. The zero-order chi connectivity index (χ0) is 10.8. The molecule has 0 aromatic rings. The first kappa shape index (κ1) is 11.5. The molecular weight excluding hydrogens is 182 g/mol. The maximum absolute atomic E-state index is 10.7. The molecular formula is C10H19NO3. The summed E-state index contributed by atoms with van der Waals surface area (Å²) in [6.07, 6.45) is 0.935. The third-order valence-electron chi connectivity index (χ3n) is 2.51. The first-order valence-electron chi connectivity index (χ1n) is 4.97. The number of aliphatic carboxylic acids is 1. The quantitative estimate of drug-likeness (QED) is 0.739.